The van der Waals surface area contributed by atoms with Crippen molar-refractivity contribution in [3.8, 4) is 0 Å². The average Bonchev–Trinajstić information content (AvgIpc) is 3.02. The maximum atomic E-state index is 11.5. The quantitative estimate of drug-likeness (QED) is 0.332. The smallest absolute Gasteiger partial charge is 0.221 e. The summed E-state index contributed by atoms with van der Waals surface area (Å²) in [7, 11) is 1.74. The van der Waals surface area contributed by atoms with Crippen LogP contribution in [0.4, 0.5) is 0 Å². The molecule has 1 heterocycles. The minimum absolute atomic E-state index is 0. The Labute approximate surface area is 154 Å². The molecule has 22 heavy (non-hydrogen) atoms. The van der Waals surface area contributed by atoms with E-state index >= 15 is 0 Å². The Balaban J connectivity index is 0.00000441. The van der Waals surface area contributed by atoms with Crippen LogP contribution < -0.4 is 16.0 Å². The Morgan fingerprint density at radius 1 is 1.32 bits per heavy atom. The second kappa shape index (κ2) is 12.7. The third kappa shape index (κ3) is 8.57. The predicted octanol–water partition coefficient (Wildman–Crippen LogP) is 2.55. The zero-order valence-electron chi connectivity index (χ0n) is 13.5. The molecule has 7 heteroatoms. The van der Waals surface area contributed by atoms with E-state index in [1.54, 1.807) is 18.4 Å². The van der Waals surface area contributed by atoms with Gasteiger partial charge < -0.3 is 16.0 Å². The lowest BCUT2D eigenvalue weighted by Crippen LogP contribution is -2.40. The first-order chi connectivity index (χ1) is 10.2. The Morgan fingerprint density at radius 3 is 2.68 bits per heavy atom. The number of carbonyl (C=O) groups is 1. The van der Waals surface area contributed by atoms with E-state index in [-0.39, 0.29) is 29.9 Å². The number of nitrogens with one attached hydrogen (secondary N) is 3. The van der Waals surface area contributed by atoms with Gasteiger partial charge in [-0.05, 0) is 34.7 Å². The van der Waals surface area contributed by atoms with E-state index in [4.69, 9.17) is 0 Å². The second-order valence-electron chi connectivity index (χ2n) is 4.94. The highest BCUT2D eigenvalue weighted by atomic mass is 127. The van der Waals surface area contributed by atoms with Crippen LogP contribution in [0.5, 0.6) is 0 Å². The van der Waals surface area contributed by atoms with Gasteiger partial charge in [0.15, 0.2) is 5.96 Å². The van der Waals surface area contributed by atoms with Gasteiger partial charge in [0.25, 0.3) is 0 Å². The van der Waals surface area contributed by atoms with Crippen molar-refractivity contribution in [2.75, 3.05) is 26.7 Å². The Kier molecular flexibility index (Phi) is 12.2. The molecule has 0 saturated heterocycles. The topological polar surface area (TPSA) is 65.5 Å². The van der Waals surface area contributed by atoms with Crippen LogP contribution in [0.2, 0.25) is 0 Å². The van der Waals surface area contributed by atoms with Crippen LogP contribution in [0.3, 0.4) is 0 Å². The zero-order valence-corrected chi connectivity index (χ0v) is 16.7. The molecule has 1 amide bonds. The predicted molar refractivity (Wildman–Crippen MR) is 105 cm³/mol. The fourth-order valence-electron chi connectivity index (χ4n) is 1.79. The van der Waals surface area contributed by atoms with Gasteiger partial charge in [-0.15, -0.1) is 24.0 Å². The van der Waals surface area contributed by atoms with Gasteiger partial charge in [-0.25, -0.2) is 0 Å². The molecule has 1 unspecified atom stereocenters. The summed E-state index contributed by atoms with van der Waals surface area (Å²) >= 11 is 1.71. The van der Waals surface area contributed by atoms with E-state index in [2.05, 4.69) is 44.7 Å². The van der Waals surface area contributed by atoms with Gasteiger partial charge in [0, 0.05) is 33.1 Å². The first-order valence-corrected chi connectivity index (χ1v) is 8.35. The molecule has 3 N–H and O–H groups in total. The van der Waals surface area contributed by atoms with Gasteiger partial charge in [0.05, 0.1) is 0 Å². The van der Waals surface area contributed by atoms with Crippen LogP contribution in [0, 0.1) is 0 Å². The number of amides is 1. The van der Waals surface area contributed by atoms with Gasteiger partial charge in [0.1, 0.15) is 0 Å². The lowest BCUT2D eigenvalue weighted by atomic mass is 10.1. The number of rotatable bonds is 8. The first-order valence-electron chi connectivity index (χ1n) is 7.40. The van der Waals surface area contributed by atoms with Gasteiger partial charge in [-0.3, -0.25) is 9.79 Å². The van der Waals surface area contributed by atoms with Crippen molar-refractivity contribution in [1.82, 2.24) is 16.0 Å². The summed E-state index contributed by atoms with van der Waals surface area (Å²) in [5, 5.41) is 13.6. The maximum Gasteiger partial charge on any atom is 0.221 e. The molecule has 1 rings (SSSR count). The number of carbonyl (C=O) groups excluding carboxylic acids is 1. The number of hydrogen-bond donors (Lipinski definition) is 3. The monoisotopic (exact) mass is 438 g/mol. The van der Waals surface area contributed by atoms with Crippen molar-refractivity contribution in [2.24, 2.45) is 4.99 Å². The highest BCUT2D eigenvalue weighted by Crippen LogP contribution is 2.16. The number of hydrogen-bond acceptors (Lipinski definition) is 3. The largest absolute Gasteiger partial charge is 0.356 e. The average molecular weight is 438 g/mol. The molecule has 0 radical (unpaired) electrons. The van der Waals surface area contributed by atoms with Crippen molar-refractivity contribution in [1.29, 1.82) is 0 Å². The molecular formula is C15H27IN4OS. The molecule has 1 aromatic rings. The van der Waals surface area contributed by atoms with Gasteiger partial charge in [-0.2, -0.15) is 11.3 Å². The lowest BCUT2D eigenvalue weighted by molar-refractivity contribution is -0.120. The van der Waals surface area contributed by atoms with Crippen LogP contribution in [0.25, 0.3) is 0 Å². The summed E-state index contributed by atoms with van der Waals surface area (Å²) in [4.78, 5) is 15.6. The molecule has 0 aliphatic heterocycles. The molecule has 0 fully saturated rings. The minimum Gasteiger partial charge on any atom is -0.356 e. The van der Waals surface area contributed by atoms with E-state index < -0.39 is 0 Å². The van der Waals surface area contributed by atoms with Crippen LogP contribution >= 0.6 is 35.3 Å². The summed E-state index contributed by atoms with van der Waals surface area (Å²) in [6, 6.07) is 2.14. The van der Waals surface area contributed by atoms with Gasteiger partial charge in [-0.1, -0.05) is 13.8 Å². The summed E-state index contributed by atoms with van der Waals surface area (Å²) in [6.07, 6.45) is 1.42. The van der Waals surface area contributed by atoms with Crippen molar-refractivity contribution in [3.63, 3.8) is 0 Å². The number of halogens is 1. The maximum absolute atomic E-state index is 11.5. The number of nitrogens with zero attached hydrogens (tertiary/aromatic N) is 1. The summed E-state index contributed by atoms with van der Waals surface area (Å²) in [5.41, 5.74) is 1.34. The SMILES string of the molecule is CCCNC(=O)CCNC(=NC)NCC(C)c1ccsc1.I. The normalized spacial score (nSPS) is 12.2. The first kappa shape index (κ1) is 21.2. The van der Waals surface area contributed by atoms with E-state index in [1.165, 1.54) is 5.56 Å². The molecule has 5 nitrogen and oxygen atoms in total. The highest BCUT2D eigenvalue weighted by molar-refractivity contribution is 14.0. The molecule has 0 spiro atoms. The Morgan fingerprint density at radius 2 is 2.09 bits per heavy atom. The van der Waals surface area contributed by atoms with Crippen molar-refractivity contribution >= 4 is 47.2 Å². The third-order valence-electron chi connectivity index (χ3n) is 3.13. The summed E-state index contributed by atoms with van der Waals surface area (Å²) < 4.78 is 0. The fourth-order valence-corrected chi connectivity index (χ4v) is 2.57. The summed E-state index contributed by atoms with van der Waals surface area (Å²) in [5.74, 6) is 1.24. The molecule has 0 aromatic carbocycles. The number of thiophene rings is 1. The van der Waals surface area contributed by atoms with Crippen molar-refractivity contribution < 1.29 is 4.79 Å². The Hall–Kier alpha value is -0.830. The standard InChI is InChI=1S/C15H26N4OS.HI/c1-4-7-17-14(20)5-8-18-15(16-3)19-10-12(2)13-6-9-21-11-13;/h6,9,11-12H,4-5,7-8,10H2,1-3H3,(H,17,20)(H2,16,18,19);1H. The number of aliphatic imine (C=N–C) groups is 1. The second-order valence-corrected chi connectivity index (χ2v) is 5.72. The van der Waals surface area contributed by atoms with Crippen molar-refractivity contribution in [2.45, 2.75) is 32.6 Å². The minimum atomic E-state index is 0. The molecule has 0 aliphatic carbocycles. The van der Waals surface area contributed by atoms with Gasteiger partial charge >= 0.3 is 0 Å². The molecular weight excluding hydrogens is 411 g/mol. The molecule has 0 bridgehead atoms. The van der Waals surface area contributed by atoms with Gasteiger partial charge in [0.2, 0.25) is 5.91 Å². The molecule has 126 valence electrons. The number of guanidine groups is 1. The lowest BCUT2D eigenvalue weighted by Gasteiger charge is -2.15. The molecule has 1 aromatic heterocycles. The van der Waals surface area contributed by atoms with E-state index in [0.717, 1.165) is 25.5 Å². The highest BCUT2D eigenvalue weighted by Gasteiger charge is 2.07. The van der Waals surface area contributed by atoms with Crippen LogP contribution in [-0.4, -0.2) is 38.5 Å². The molecule has 1 atom stereocenters. The fraction of sp³-hybridized carbons (Fsp3) is 0.600. The summed E-state index contributed by atoms with van der Waals surface area (Å²) in [6.45, 7) is 6.37. The van der Waals surface area contributed by atoms with Crippen molar-refractivity contribution in [3.05, 3.63) is 22.4 Å². The van der Waals surface area contributed by atoms with E-state index in [0.29, 0.717) is 18.9 Å². The van der Waals surface area contributed by atoms with E-state index in [1.807, 2.05) is 6.92 Å². The van der Waals surface area contributed by atoms with Crippen LogP contribution in [-0.2, 0) is 4.79 Å². The molecule has 0 saturated carbocycles. The zero-order chi connectivity index (χ0) is 15.5. The van der Waals surface area contributed by atoms with Crippen LogP contribution in [0.15, 0.2) is 21.8 Å². The van der Waals surface area contributed by atoms with E-state index in [9.17, 15) is 4.79 Å². The van der Waals surface area contributed by atoms with Crippen LogP contribution in [0.1, 0.15) is 38.2 Å². The Bertz CT molecular complexity index is 437. The molecule has 0 aliphatic rings. The third-order valence-corrected chi connectivity index (χ3v) is 3.83.